The molecule has 0 fully saturated rings. The number of hydrogen-bond acceptors (Lipinski definition) is 3. The second kappa shape index (κ2) is 7.03. The fourth-order valence-electron chi connectivity index (χ4n) is 2.06. The first kappa shape index (κ1) is 14.5. The van der Waals surface area contributed by atoms with Crippen LogP contribution in [-0.4, -0.2) is 5.33 Å². The van der Waals surface area contributed by atoms with Gasteiger partial charge in [0, 0.05) is 29.7 Å². The van der Waals surface area contributed by atoms with Gasteiger partial charge in [-0.2, -0.15) is 0 Å². The molecule has 3 heterocycles. The van der Waals surface area contributed by atoms with E-state index >= 15 is 0 Å². The SMILES string of the molecule is BrCCCCc1ccc(-c2ccc(-c3cccs3)s2)s1. The summed E-state index contributed by atoms with van der Waals surface area (Å²) in [5.74, 6) is 0. The van der Waals surface area contributed by atoms with E-state index in [-0.39, 0.29) is 0 Å². The molecule has 0 atom stereocenters. The van der Waals surface area contributed by atoms with Crippen LogP contribution in [-0.2, 0) is 6.42 Å². The van der Waals surface area contributed by atoms with E-state index in [1.807, 2.05) is 34.0 Å². The molecule has 0 spiro atoms. The van der Waals surface area contributed by atoms with E-state index < -0.39 is 0 Å². The number of thiophene rings is 3. The zero-order chi connectivity index (χ0) is 13.8. The first-order valence-electron chi connectivity index (χ1n) is 6.65. The summed E-state index contributed by atoms with van der Waals surface area (Å²) in [5, 5.41) is 3.25. The number of hydrogen-bond donors (Lipinski definition) is 0. The Morgan fingerprint density at radius 2 is 1.55 bits per heavy atom. The van der Waals surface area contributed by atoms with Crippen LogP contribution in [0.2, 0.25) is 0 Å². The zero-order valence-electron chi connectivity index (χ0n) is 11.0. The molecule has 0 aromatic carbocycles. The molecule has 0 aliphatic carbocycles. The first-order chi connectivity index (χ1) is 9.86. The second-order valence-electron chi connectivity index (χ2n) is 4.55. The van der Waals surface area contributed by atoms with Crippen molar-refractivity contribution < 1.29 is 0 Å². The van der Waals surface area contributed by atoms with Gasteiger partial charge in [-0.25, -0.2) is 0 Å². The predicted octanol–water partition coefficient (Wildman–Crippen LogP) is 6.92. The van der Waals surface area contributed by atoms with Crippen molar-refractivity contribution in [1.29, 1.82) is 0 Å². The predicted molar refractivity (Wildman–Crippen MR) is 97.7 cm³/mol. The Balaban J connectivity index is 1.73. The van der Waals surface area contributed by atoms with E-state index in [2.05, 4.69) is 57.7 Å². The zero-order valence-corrected chi connectivity index (χ0v) is 15.0. The molecule has 20 heavy (non-hydrogen) atoms. The number of rotatable bonds is 6. The quantitative estimate of drug-likeness (QED) is 0.320. The second-order valence-corrected chi connectivity index (χ2v) is 8.55. The third-order valence-electron chi connectivity index (χ3n) is 3.08. The molecule has 3 aromatic rings. The van der Waals surface area contributed by atoms with E-state index in [0.29, 0.717) is 0 Å². The third-order valence-corrected chi connectivity index (χ3v) is 7.13. The largest absolute Gasteiger partial charge is 0.143 e. The van der Waals surface area contributed by atoms with Gasteiger partial charge in [-0.1, -0.05) is 22.0 Å². The summed E-state index contributed by atoms with van der Waals surface area (Å²) in [6.45, 7) is 0. The van der Waals surface area contributed by atoms with Crippen molar-refractivity contribution in [3.05, 3.63) is 46.7 Å². The highest BCUT2D eigenvalue weighted by Crippen LogP contribution is 2.39. The lowest BCUT2D eigenvalue weighted by atomic mass is 10.2. The molecule has 0 aliphatic heterocycles. The Morgan fingerprint density at radius 1 is 0.800 bits per heavy atom. The van der Waals surface area contributed by atoms with Gasteiger partial charge >= 0.3 is 0 Å². The topological polar surface area (TPSA) is 0 Å². The van der Waals surface area contributed by atoms with Gasteiger partial charge in [0.1, 0.15) is 0 Å². The maximum atomic E-state index is 3.49. The smallest absolute Gasteiger partial charge is 0.0449 e. The highest BCUT2D eigenvalue weighted by Gasteiger charge is 2.08. The van der Waals surface area contributed by atoms with E-state index in [4.69, 9.17) is 0 Å². The maximum absolute atomic E-state index is 3.49. The van der Waals surface area contributed by atoms with Crippen LogP contribution in [0, 0.1) is 0 Å². The summed E-state index contributed by atoms with van der Waals surface area (Å²) in [7, 11) is 0. The van der Waals surface area contributed by atoms with E-state index in [9.17, 15) is 0 Å². The molecule has 3 rings (SSSR count). The van der Waals surface area contributed by atoms with Crippen molar-refractivity contribution in [2.24, 2.45) is 0 Å². The molecule has 0 bridgehead atoms. The van der Waals surface area contributed by atoms with Gasteiger partial charge in [-0.05, 0) is 55.0 Å². The summed E-state index contributed by atoms with van der Waals surface area (Å²) in [6, 6.07) is 13.4. The Bertz CT molecular complexity index is 649. The lowest BCUT2D eigenvalue weighted by molar-refractivity contribution is 0.816. The van der Waals surface area contributed by atoms with Crippen molar-refractivity contribution in [1.82, 2.24) is 0 Å². The van der Waals surface area contributed by atoms with Gasteiger partial charge in [-0.15, -0.1) is 34.0 Å². The minimum absolute atomic E-state index is 1.11. The van der Waals surface area contributed by atoms with Gasteiger partial charge in [0.2, 0.25) is 0 Å². The van der Waals surface area contributed by atoms with Crippen LogP contribution < -0.4 is 0 Å². The lowest BCUT2D eigenvalue weighted by Crippen LogP contribution is -1.80. The van der Waals surface area contributed by atoms with Gasteiger partial charge < -0.3 is 0 Å². The summed E-state index contributed by atoms with van der Waals surface area (Å²) in [4.78, 5) is 7.06. The molecule has 0 radical (unpaired) electrons. The molecular weight excluding hydrogens is 368 g/mol. The Kier molecular flexibility index (Phi) is 5.10. The van der Waals surface area contributed by atoms with E-state index in [1.165, 1.54) is 43.6 Å². The molecule has 4 heteroatoms. The minimum atomic E-state index is 1.11. The third kappa shape index (κ3) is 3.42. The molecule has 0 saturated heterocycles. The Labute approximate surface area is 140 Å². The van der Waals surface area contributed by atoms with E-state index in [0.717, 1.165) is 5.33 Å². The van der Waals surface area contributed by atoms with Crippen LogP contribution in [0.3, 0.4) is 0 Å². The summed E-state index contributed by atoms with van der Waals surface area (Å²) in [6.07, 6.45) is 3.74. The standard InChI is InChI=1S/C16H15BrS3/c17-10-2-1-4-12-6-7-15(19-12)16-9-8-14(20-16)13-5-3-11-18-13/h3,5-9,11H,1-2,4,10H2. The van der Waals surface area contributed by atoms with Crippen LogP contribution >= 0.6 is 49.9 Å². The maximum Gasteiger partial charge on any atom is 0.0449 e. The van der Waals surface area contributed by atoms with Crippen molar-refractivity contribution in [2.75, 3.05) is 5.33 Å². The van der Waals surface area contributed by atoms with Crippen molar-refractivity contribution in [3.8, 4) is 19.5 Å². The molecule has 0 unspecified atom stereocenters. The fraction of sp³-hybridized carbons (Fsp3) is 0.250. The molecule has 0 amide bonds. The molecule has 0 saturated carbocycles. The Hall–Kier alpha value is -0.420. The Morgan fingerprint density at radius 3 is 2.30 bits per heavy atom. The highest BCUT2D eigenvalue weighted by atomic mass is 79.9. The van der Waals surface area contributed by atoms with Crippen molar-refractivity contribution in [3.63, 3.8) is 0 Å². The number of aryl methyl sites for hydroxylation is 1. The first-order valence-corrected chi connectivity index (χ1v) is 10.3. The number of unbranched alkanes of at least 4 members (excludes halogenated alkanes) is 1. The fourth-order valence-corrected chi connectivity index (χ4v) is 5.44. The van der Waals surface area contributed by atoms with Gasteiger partial charge in [0.05, 0.1) is 0 Å². The molecule has 104 valence electrons. The molecule has 0 aliphatic rings. The summed E-state index contributed by atoms with van der Waals surface area (Å²) in [5.41, 5.74) is 0. The number of halogens is 1. The number of alkyl halides is 1. The van der Waals surface area contributed by atoms with Crippen molar-refractivity contribution >= 4 is 49.9 Å². The van der Waals surface area contributed by atoms with Gasteiger partial charge in [0.25, 0.3) is 0 Å². The van der Waals surface area contributed by atoms with Crippen LogP contribution in [0.1, 0.15) is 17.7 Å². The molecule has 0 nitrogen and oxygen atoms in total. The average Bonchev–Trinajstić information content (AvgIpc) is 3.19. The highest BCUT2D eigenvalue weighted by molar-refractivity contribution is 9.09. The summed E-state index contributed by atoms with van der Waals surface area (Å²) >= 11 is 9.15. The average molecular weight is 383 g/mol. The monoisotopic (exact) mass is 382 g/mol. The van der Waals surface area contributed by atoms with Crippen LogP contribution in [0.25, 0.3) is 19.5 Å². The van der Waals surface area contributed by atoms with Crippen LogP contribution in [0.5, 0.6) is 0 Å². The summed E-state index contributed by atoms with van der Waals surface area (Å²) < 4.78 is 0. The van der Waals surface area contributed by atoms with Gasteiger partial charge in [0.15, 0.2) is 0 Å². The van der Waals surface area contributed by atoms with Crippen LogP contribution in [0.15, 0.2) is 41.8 Å². The lowest BCUT2D eigenvalue weighted by Gasteiger charge is -1.94. The molecule has 0 N–H and O–H groups in total. The van der Waals surface area contributed by atoms with Gasteiger partial charge in [-0.3, -0.25) is 0 Å². The minimum Gasteiger partial charge on any atom is -0.143 e. The van der Waals surface area contributed by atoms with E-state index in [1.54, 1.807) is 0 Å². The molecular formula is C16H15BrS3. The van der Waals surface area contributed by atoms with Crippen LogP contribution in [0.4, 0.5) is 0 Å². The normalized spacial score (nSPS) is 11.1. The molecule has 3 aromatic heterocycles. The van der Waals surface area contributed by atoms with Crippen molar-refractivity contribution in [2.45, 2.75) is 19.3 Å².